The Labute approximate surface area is 109 Å². The summed E-state index contributed by atoms with van der Waals surface area (Å²) in [4.78, 5) is 0. The third-order valence-electron chi connectivity index (χ3n) is 4.93. The molecule has 0 saturated heterocycles. The minimum Gasteiger partial charge on any atom is -0.475 e. The maximum Gasteiger partial charge on any atom is 0.217 e. The van der Waals surface area contributed by atoms with Gasteiger partial charge in [-0.1, -0.05) is 25.5 Å². The third-order valence-corrected chi connectivity index (χ3v) is 5.13. The van der Waals surface area contributed by atoms with Gasteiger partial charge in [0.05, 0.1) is 0 Å². The maximum absolute atomic E-state index is 5.74. The second kappa shape index (κ2) is 4.49. The number of ether oxygens (including phenoxy) is 1. The molecular formula is C13H20OS2. The number of hydrogen-bond acceptors (Lipinski definition) is 2. The van der Waals surface area contributed by atoms with E-state index in [1.807, 2.05) is 0 Å². The van der Waals surface area contributed by atoms with Crippen molar-refractivity contribution in [2.45, 2.75) is 51.0 Å². The molecule has 3 saturated carbocycles. The summed E-state index contributed by atoms with van der Waals surface area (Å²) in [6.07, 6.45) is 10.3. The van der Waals surface area contributed by atoms with Crippen molar-refractivity contribution in [1.82, 2.24) is 0 Å². The van der Waals surface area contributed by atoms with Crippen LogP contribution in [-0.4, -0.2) is 10.5 Å². The Kier molecular flexibility index (Phi) is 3.18. The van der Waals surface area contributed by atoms with E-state index in [2.05, 4.69) is 12.6 Å². The van der Waals surface area contributed by atoms with Gasteiger partial charge < -0.3 is 4.74 Å². The fourth-order valence-corrected chi connectivity index (χ4v) is 4.68. The zero-order valence-electron chi connectivity index (χ0n) is 9.60. The molecule has 5 atom stereocenters. The molecule has 4 bridgehead atoms. The summed E-state index contributed by atoms with van der Waals surface area (Å²) in [5.74, 6) is 3.67. The highest BCUT2D eigenvalue weighted by Gasteiger charge is 2.42. The molecule has 3 heteroatoms. The van der Waals surface area contributed by atoms with E-state index < -0.39 is 0 Å². The van der Waals surface area contributed by atoms with Gasteiger partial charge in [-0.05, 0) is 68.0 Å². The van der Waals surface area contributed by atoms with E-state index in [1.165, 1.54) is 44.9 Å². The lowest BCUT2D eigenvalue weighted by Gasteiger charge is -2.23. The van der Waals surface area contributed by atoms with Crippen molar-refractivity contribution in [3.05, 3.63) is 0 Å². The zero-order valence-corrected chi connectivity index (χ0v) is 11.3. The van der Waals surface area contributed by atoms with Crippen molar-refractivity contribution in [3.8, 4) is 0 Å². The highest BCUT2D eigenvalue weighted by Crippen LogP contribution is 2.49. The summed E-state index contributed by atoms with van der Waals surface area (Å²) in [6.45, 7) is 0. The highest BCUT2D eigenvalue weighted by molar-refractivity contribution is 8.10. The van der Waals surface area contributed by atoms with Crippen LogP contribution in [0.5, 0.6) is 0 Å². The van der Waals surface area contributed by atoms with E-state index in [4.69, 9.17) is 17.0 Å². The van der Waals surface area contributed by atoms with E-state index in [0.717, 1.165) is 23.7 Å². The first kappa shape index (κ1) is 11.3. The van der Waals surface area contributed by atoms with Gasteiger partial charge in [-0.2, -0.15) is 0 Å². The minimum atomic E-state index is 0.384. The summed E-state index contributed by atoms with van der Waals surface area (Å²) in [7, 11) is 0. The maximum atomic E-state index is 5.74. The molecule has 0 aromatic carbocycles. The van der Waals surface area contributed by atoms with Crippen LogP contribution in [0, 0.1) is 23.7 Å². The van der Waals surface area contributed by atoms with Crippen LogP contribution < -0.4 is 0 Å². The molecule has 3 aliphatic carbocycles. The first-order valence-electron chi connectivity index (χ1n) is 6.60. The number of fused-ring (bicyclic) bond motifs is 4. The van der Waals surface area contributed by atoms with E-state index >= 15 is 0 Å². The molecule has 90 valence electrons. The number of hydrogen-bond donors (Lipinski definition) is 1. The normalized spacial score (nSPS) is 46.2. The molecule has 1 nitrogen and oxygen atoms in total. The van der Waals surface area contributed by atoms with E-state index in [0.29, 0.717) is 10.5 Å². The molecule has 0 N–H and O–H groups in total. The lowest BCUT2D eigenvalue weighted by Crippen LogP contribution is -2.21. The van der Waals surface area contributed by atoms with Crippen molar-refractivity contribution in [1.29, 1.82) is 0 Å². The first-order chi connectivity index (χ1) is 7.70. The quantitative estimate of drug-likeness (QED) is 0.564. The smallest absolute Gasteiger partial charge is 0.217 e. The molecular weight excluding hydrogens is 236 g/mol. The Hall–Kier alpha value is 0.240. The minimum absolute atomic E-state index is 0.384. The Morgan fingerprint density at radius 3 is 2.31 bits per heavy atom. The molecule has 5 unspecified atom stereocenters. The van der Waals surface area contributed by atoms with Gasteiger partial charge in [0, 0.05) is 0 Å². The molecule has 3 fully saturated rings. The molecule has 0 aromatic rings. The summed E-state index contributed by atoms with van der Waals surface area (Å²) in [6, 6.07) is 0. The van der Waals surface area contributed by atoms with Crippen LogP contribution in [0.1, 0.15) is 44.9 Å². The Bertz CT molecular complexity index is 292. The monoisotopic (exact) mass is 256 g/mol. The van der Waals surface area contributed by atoms with E-state index in [1.54, 1.807) is 0 Å². The summed E-state index contributed by atoms with van der Waals surface area (Å²) in [5.41, 5.74) is 0. The SMILES string of the molecule is S=C(S)OC1CC2CC3CCC(C3)CC1C2. The molecule has 16 heavy (non-hydrogen) atoms. The molecule has 0 radical (unpaired) electrons. The van der Waals surface area contributed by atoms with Gasteiger partial charge in [-0.3, -0.25) is 0 Å². The second-order valence-electron chi connectivity index (χ2n) is 6.04. The highest BCUT2D eigenvalue weighted by atomic mass is 32.1. The van der Waals surface area contributed by atoms with Crippen molar-refractivity contribution < 1.29 is 4.74 Å². The standard InChI is InChI=1S/C13H20OS2/c15-13(16)14-12-7-10-4-8-1-2-9(3-8)5-11(12)6-10/h8-12H,1-7H2,(H,15,16). The van der Waals surface area contributed by atoms with Gasteiger partial charge in [0.1, 0.15) is 6.10 Å². The topological polar surface area (TPSA) is 9.23 Å². The predicted octanol–water partition coefficient (Wildman–Crippen LogP) is 3.82. The summed E-state index contributed by atoms with van der Waals surface area (Å²) < 4.78 is 6.18. The average molecular weight is 256 g/mol. The van der Waals surface area contributed by atoms with Gasteiger partial charge in [0.15, 0.2) is 0 Å². The van der Waals surface area contributed by atoms with Crippen LogP contribution in [-0.2, 0) is 4.74 Å². The fourth-order valence-electron chi connectivity index (χ4n) is 4.42. The molecule has 0 amide bonds. The van der Waals surface area contributed by atoms with Crippen LogP contribution in [0.3, 0.4) is 0 Å². The van der Waals surface area contributed by atoms with Crippen LogP contribution in [0.2, 0.25) is 0 Å². The largest absolute Gasteiger partial charge is 0.475 e. The van der Waals surface area contributed by atoms with Crippen LogP contribution in [0.15, 0.2) is 0 Å². The lowest BCUT2D eigenvalue weighted by atomic mass is 9.85. The van der Waals surface area contributed by atoms with Gasteiger partial charge in [0.2, 0.25) is 4.38 Å². The number of rotatable bonds is 1. The van der Waals surface area contributed by atoms with Crippen LogP contribution in [0.25, 0.3) is 0 Å². The van der Waals surface area contributed by atoms with Gasteiger partial charge in [-0.25, -0.2) is 0 Å². The summed E-state index contributed by atoms with van der Waals surface area (Å²) in [5, 5.41) is 0. The van der Waals surface area contributed by atoms with E-state index in [-0.39, 0.29) is 0 Å². The van der Waals surface area contributed by atoms with Gasteiger partial charge >= 0.3 is 0 Å². The Morgan fingerprint density at radius 1 is 0.938 bits per heavy atom. The first-order valence-corrected chi connectivity index (χ1v) is 7.46. The van der Waals surface area contributed by atoms with Crippen molar-refractivity contribution in [2.75, 3.05) is 0 Å². The molecule has 0 heterocycles. The number of thiol groups is 1. The lowest BCUT2D eigenvalue weighted by molar-refractivity contribution is 0.139. The molecule has 0 aromatic heterocycles. The fraction of sp³-hybridized carbons (Fsp3) is 0.923. The number of thiocarbonyl (C=S) groups is 1. The van der Waals surface area contributed by atoms with Crippen LogP contribution in [0.4, 0.5) is 0 Å². The Balaban J connectivity index is 1.71. The van der Waals surface area contributed by atoms with Crippen molar-refractivity contribution in [2.24, 2.45) is 23.7 Å². The Morgan fingerprint density at radius 2 is 1.56 bits per heavy atom. The van der Waals surface area contributed by atoms with Crippen molar-refractivity contribution in [3.63, 3.8) is 0 Å². The summed E-state index contributed by atoms with van der Waals surface area (Å²) >= 11 is 9.09. The second-order valence-corrected chi connectivity index (χ2v) is 7.12. The van der Waals surface area contributed by atoms with Gasteiger partial charge in [0.25, 0.3) is 0 Å². The predicted molar refractivity (Wildman–Crippen MR) is 72.7 cm³/mol. The zero-order chi connectivity index (χ0) is 11.1. The molecule has 3 rings (SSSR count). The molecule has 0 aliphatic heterocycles. The van der Waals surface area contributed by atoms with E-state index in [9.17, 15) is 0 Å². The van der Waals surface area contributed by atoms with Gasteiger partial charge in [-0.15, -0.1) is 0 Å². The van der Waals surface area contributed by atoms with Crippen molar-refractivity contribution >= 4 is 29.2 Å². The van der Waals surface area contributed by atoms with Crippen LogP contribution >= 0.6 is 24.8 Å². The molecule has 0 spiro atoms. The molecule has 3 aliphatic rings. The average Bonchev–Trinajstić information content (AvgIpc) is 2.75. The third kappa shape index (κ3) is 2.26.